The maximum Gasteiger partial charge on any atom is 0.266 e. The number of nitrogens with one attached hydrogen (secondary N) is 1. The molecule has 1 amide bonds. The molecule has 136 valence electrons. The molecule has 0 saturated carbocycles. The Hall–Kier alpha value is -3.42. The molecule has 0 fully saturated rings. The molecule has 0 unspecified atom stereocenters. The summed E-state index contributed by atoms with van der Waals surface area (Å²) in [5, 5.41) is 32.9. The summed E-state index contributed by atoms with van der Waals surface area (Å²) in [5.74, 6) is -0.569. The highest BCUT2D eigenvalue weighted by Gasteiger charge is 2.14. The van der Waals surface area contributed by atoms with E-state index in [1.54, 1.807) is 6.07 Å². The second-order valence-corrected chi connectivity index (χ2v) is 6.46. The Morgan fingerprint density at radius 1 is 1.30 bits per heavy atom. The molecule has 0 bridgehead atoms. The summed E-state index contributed by atoms with van der Waals surface area (Å²) in [6.45, 7) is 3.82. The number of anilines is 1. The van der Waals surface area contributed by atoms with E-state index in [4.69, 9.17) is 10.00 Å². The zero-order valence-corrected chi connectivity index (χ0v) is 15.8. The number of phenolic OH excluding ortho intramolecular Hbond substituents is 1. The number of rotatable bonds is 5. The van der Waals surface area contributed by atoms with Gasteiger partial charge in [-0.05, 0) is 66.6 Å². The molecule has 0 saturated heterocycles. The minimum atomic E-state index is -0.548. The van der Waals surface area contributed by atoms with E-state index in [1.165, 1.54) is 25.3 Å². The fraction of sp³-hybridized carbons (Fsp3) is 0.150. The van der Waals surface area contributed by atoms with E-state index in [0.717, 1.165) is 22.9 Å². The number of thioether (sulfide) groups is 1. The molecule has 0 aliphatic heterocycles. The molecule has 0 radical (unpaired) electrons. The summed E-state index contributed by atoms with van der Waals surface area (Å²) >= 11 is 0.758. The molecule has 2 aromatic rings. The number of ether oxygens (including phenoxy) is 1. The summed E-state index contributed by atoms with van der Waals surface area (Å²) < 4.78 is 5.09. The lowest BCUT2D eigenvalue weighted by Crippen LogP contribution is -2.14. The van der Waals surface area contributed by atoms with Gasteiger partial charge in [0.05, 0.1) is 12.0 Å². The molecular formula is C20H17N3O3S. The average molecular weight is 379 g/mol. The number of aromatic hydroxyl groups is 1. The first-order valence-corrected chi connectivity index (χ1v) is 8.69. The SMILES string of the molecule is COc1cc(/C=C(/C#N)C(=O)Nc2cccc(C)c2C)cc(SC#N)c1O. The van der Waals surface area contributed by atoms with Crippen LogP contribution in [0.2, 0.25) is 0 Å². The first-order valence-electron chi connectivity index (χ1n) is 7.87. The first kappa shape index (κ1) is 19.9. The summed E-state index contributed by atoms with van der Waals surface area (Å²) in [6, 6.07) is 10.4. The van der Waals surface area contributed by atoms with Gasteiger partial charge in [-0.15, -0.1) is 0 Å². The number of carbonyl (C=O) groups is 1. The van der Waals surface area contributed by atoms with Gasteiger partial charge in [-0.1, -0.05) is 12.1 Å². The Morgan fingerprint density at radius 2 is 2.04 bits per heavy atom. The normalized spacial score (nSPS) is 10.6. The molecular weight excluding hydrogens is 362 g/mol. The quantitative estimate of drug-likeness (QED) is 0.350. The number of hydrogen-bond acceptors (Lipinski definition) is 6. The Balaban J connectivity index is 2.39. The molecule has 2 aromatic carbocycles. The van der Waals surface area contributed by atoms with Crippen LogP contribution in [-0.4, -0.2) is 18.1 Å². The van der Waals surface area contributed by atoms with Crippen molar-refractivity contribution in [3.05, 3.63) is 52.6 Å². The third-order valence-corrected chi connectivity index (χ3v) is 4.59. The van der Waals surface area contributed by atoms with Crippen LogP contribution in [0.5, 0.6) is 11.5 Å². The van der Waals surface area contributed by atoms with Crippen LogP contribution in [0.4, 0.5) is 5.69 Å². The highest BCUT2D eigenvalue weighted by Crippen LogP contribution is 2.38. The molecule has 0 aliphatic carbocycles. The number of hydrogen-bond donors (Lipinski definition) is 2. The number of amides is 1. The van der Waals surface area contributed by atoms with Crippen LogP contribution in [0, 0.1) is 35.8 Å². The molecule has 0 heterocycles. The lowest BCUT2D eigenvalue weighted by molar-refractivity contribution is -0.112. The maximum absolute atomic E-state index is 12.5. The predicted molar refractivity (Wildman–Crippen MR) is 104 cm³/mol. The highest BCUT2D eigenvalue weighted by atomic mass is 32.2. The largest absolute Gasteiger partial charge is 0.503 e. The van der Waals surface area contributed by atoms with Crippen LogP contribution in [0.1, 0.15) is 16.7 Å². The summed E-state index contributed by atoms with van der Waals surface area (Å²) in [6.07, 6.45) is 1.38. The van der Waals surface area contributed by atoms with Crippen LogP contribution < -0.4 is 10.1 Å². The monoisotopic (exact) mass is 379 g/mol. The molecule has 0 spiro atoms. The van der Waals surface area contributed by atoms with Gasteiger partial charge in [-0.3, -0.25) is 4.79 Å². The van der Waals surface area contributed by atoms with Gasteiger partial charge in [-0.2, -0.15) is 10.5 Å². The van der Waals surface area contributed by atoms with Crippen LogP contribution >= 0.6 is 11.8 Å². The number of thiocyanates is 1. The van der Waals surface area contributed by atoms with E-state index < -0.39 is 5.91 Å². The number of aryl methyl sites for hydroxylation is 1. The van der Waals surface area contributed by atoms with Crippen LogP contribution in [0.15, 0.2) is 40.8 Å². The average Bonchev–Trinajstić information content (AvgIpc) is 2.65. The van der Waals surface area contributed by atoms with Gasteiger partial charge in [0, 0.05) is 5.69 Å². The van der Waals surface area contributed by atoms with E-state index in [1.807, 2.05) is 37.5 Å². The number of phenols is 1. The van der Waals surface area contributed by atoms with Gasteiger partial charge in [0.1, 0.15) is 17.0 Å². The van der Waals surface area contributed by atoms with Gasteiger partial charge in [0.15, 0.2) is 11.5 Å². The van der Waals surface area contributed by atoms with Gasteiger partial charge < -0.3 is 15.2 Å². The lowest BCUT2D eigenvalue weighted by Gasteiger charge is -2.10. The van der Waals surface area contributed by atoms with Crippen molar-refractivity contribution in [3.8, 4) is 23.0 Å². The number of methoxy groups -OCH3 is 1. The second kappa shape index (κ2) is 8.79. The van der Waals surface area contributed by atoms with Crippen molar-refractivity contribution >= 4 is 29.4 Å². The fourth-order valence-corrected chi connectivity index (χ4v) is 2.85. The van der Waals surface area contributed by atoms with Crippen molar-refractivity contribution in [2.24, 2.45) is 0 Å². The number of carbonyl (C=O) groups excluding carboxylic acids is 1. The van der Waals surface area contributed by atoms with Crippen LogP contribution in [0.3, 0.4) is 0 Å². The van der Waals surface area contributed by atoms with Gasteiger partial charge in [-0.25, -0.2) is 0 Å². The molecule has 0 atom stereocenters. The Morgan fingerprint density at radius 3 is 2.67 bits per heavy atom. The molecule has 2 rings (SSSR count). The number of nitrogens with zero attached hydrogens (tertiary/aromatic N) is 2. The molecule has 6 nitrogen and oxygen atoms in total. The smallest absolute Gasteiger partial charge is 0.266 e. The van der Waals surface area contributed by atoms with Crippen molar-refractivity contribution in [3.63, 3.8) is 0 Å². The van der Waals surface area contributed by atoms with Crippen molar-refractivity contribution < 1.29 is 14.6 Å². The number of nitriles is 2. The minimum Gasteiger partial charge on any atom is -0.503 e. The van der Waals surface area contributed by atoms with Crippen LogP contribution in [0.25, 0.3) is 6.08 Å². The lowest BCUT2D eigenvalue weighted by atomic mass is 10.1. The van der Waals surface area contributed by atoms with E-state index in [0.29, 0.717) is 11.3 Å². The van der Waals surface area contributed by atoms with Crippen molar-refractivity contribution in [1.29, 1.82) is 10.5 Å². The van der Waals surface area contributed by atoms with E-state index in [9.17, 15) is 15.2 Å². The van der Waals surface area contributed by atoms with Crippen molar-refractivity contribution in [2.75, 3.05) is 12.4 Å². The third kappa shape index (κ3) is 4.60. The second-order valence-electron chi connectivity index (χ2n) is 5.63. The Bertz CT molecular complexity index is 1000. The third-order valence-electron chi connectivity index (χ3n) is 3.97. The van der Waals surface area contributed by atoms with E-state index in [2.05, 4.69) is 5.32 Å². The molecule has 27 heavy (non-hydrogen) atoms. The number of benzene rings is 2. The Kier molecular flexibility index (Phi) is 6.48. The maximum atomic E-state index is 12.5. The van der Waals surface area contributed by atoms with E-state index >= 15 is 0 Å². The van der Waals surface area contributed by atoms with Gasteiger partial charge >= 0.3 is 0 Å². The standard InChI is InChI=1S/C20H17N3O3S/c1-12-5-4-6-16(13(12)2)23-20(25)15(10-21)7-14-8-17(26-3)19(24)18(9-14)27-11-22/h4-9,24H,1-3H3,(H,23,25)/b15-7-. The summed E-state index contributed by atoms with van der Waals surface area (Å²) in [5.41, 5.74) is 2.91. The molecule has 2 N–H and O–H groups in total. The van der Waals surface area contributed by atoms with Crippen LogP contribution in [-0.2, 0) is 4.79 Å². The summed E-state index contributed by atoms with van der Waals surface area (Å²) in [4.78, 5) is 12.8. The molecule has 0 aromatic heterocycles. The van der Waals surface area contributed by atoms with Crippen molar-refractivity contribution in [1.82, 2.24) is 0 Å². The van der Waals surface area contributed by atoms with Gasteiger partial charge in [0.2, 0.25) is 0 Å². The Labute approximate surface area is 161 Å². The predicted octanol–water partition coefficient (Wildman–Crippen LogP) is 4.14. The first-order chi connectivity index (χ1) is 12.9. The highest BCUT2D eigenvalue weighted by molar-refractivity contribution is 8.03. The summed E-state index contributed by atoms with van der Waals surface area (Å²) in [7, 11) is 1.38. The van der Waals surface area contributed by atoms with Gasteiger partial charge in [0.25, 0.3) is 5.91 Å². The zero-order chi connectivity index (χ0) is 20.0. The molecule has 0 aliphatic rings. The topological polar surface area (TPSA) is 106 Å². The van der Waals surface area contributed by atoms with Crippen molar-refractivity contribution in [2.45, 2.75) is 18.7 Å². The fourth-order valence-electron chi connectivity index (χ4n) is 2.36. The minimum absolute atomic E-state index is 0.114. The zero-order valence-electron chi connectivity index (χ0n) is 15.0. The van der Waals surface area contributed by atoms with E-state index in [-0.39, 0.29) is 22.0 Å². The molecule has 7 heteroatoms.